The minimum Gasteiger partial charge on any atom is -0.321 e. The number of sulfone groups is 1. The van der Waals surface area contributed by atoms with Crippen LogP contribution in [0, 0.1) is 0 Å². The Balaban J connectivity index is 1.37. The van der Waals surface area contributed by atoms with Gasteiger partial charge in [0.25, 0.3) is 21.7 Å². The van der Waals surface area contributed by atoms with E-state index in [0.717, 1.165) is 17.0 Å². The molecule has 13 heteroatoms. The number of carbonyl (C=O) groups is 3. The largest absolute Gasteiger partial charge is 0.501 e. The van der Waals surface area contributed by atoms with Crippen molar-refractivity contribution in [1.29, 1.82) is 0 Å². The SMILES string of the molecule is O=C(Nc1ccccc1)c1cc(CN2C(=O)N(c3ccc(S(=O)(=O)C(F)(F)F)cc3)C(=O)C23CC3)ccn1. The molecule has 0 unspecified atom stereocenters. The molecule has 2 aliphatic rings. The van der Waals surface area contributed by atoms with Gasteiger partial charge in [0.15, 0.2) is 0 Å². The first-order chi connectivity index (χ1) is 17.9. The van der Waals surface area contributed by atoms with Crippen LogP contribution >= 0.6 is 0 Å². The number of nitrogens with zero attached hydrogens (tertiary/aromatic N) is 3. The smallest absolute Gasteiger partial charge is 0.321 e. The van der Waals surface area contributed by atoms with Gasteiger partial charge in [-0.2, -0.15) is 13.2 Å². The van der Waals surface area contributed by atoms with Gasteiger partial charge in [0.1, 0.15) is 11.2 Å². The number of hydrogen-bond acceptors (Lipinski definition) is 6. The maximum Gasteiger partial charge on any atom is 0.501 e. The average Bonchev–Trinajstić information content (AvgIpc) is 3.66. The number of para-hydroxylation sites is 1. The molecule has 1 aromatic heterocycles. The van der Waals surface area contributed by atoms with Gasteiger partial charge in [0.2, 0.25) is 0 Å². The Bertz CT molecular complexity index is 1540. The van der Waals surface area contributed by atoms with E-state index >= 15 is 0 Å². The lowest BCUT2D eigenvalue weighted by atomic mass is 10.1. The second-order valence-corrected chi connectivity index (χ2v) is 10.8. The van der Waals surface area contributed by atoms with E-state index in [9.17, 15) is 36.0 Å². The van der Waals surface area contributed by atoms with Gasteiger partial charge in [-0.1, -0.05) is 18.2 Å². The number of hydrogen-bond donors (Lipinski definition) is 1. The van der Waals surface area contributed by atoms with E-state index in [1.54, 1.807) is 36.4 Å². The zero-order valence-corrected chi connectivity index (χ0v) is 20.3. The highest BCUT2D eigenvalue weighted by atomic mass is 32.2. The summed E-state index contributed by atoms with van der Waals surface area (Å²) in [5.41, 5.74) is -5.42. The molecule has 2 aromatic carbocycles. The fourth-order valence-electron chi connectivity index (χ4n) is 4.27. The molecule has 1 aliphatic heterocycles. The number of urea groups is 1. The van der Waals surface area contributed by atoms with Crippen LogP contribution in [0.2, 0.25) is 0 Å². The lowest BCUT2D eigenvalue weighted by Crippen LogP contribution is -2.36. The van der Waals surface area contributed by atoms with Gasteiger partial charge < -0.3 is 10.2 Å². The van der Waals surface area contributed by atoms with Crippen LogP contribution in [0.15, 0.2) is 77.8 Å². The number of halogens is 3. The van der Waals surface area contributed by atoms with E-state index in [1.807, 2.05) is 0 Å². The van der Waals surface area contributed by atoms with E-state index in [2.05, 4.69) is 10.3 Å². The zero-order chi connectivity index (χ0) is 27.3. The normalized spacial score (nSPS) is 16.7. The number of carbonyl (C=O) groups excluding carboxylic acids is 3. The molecule has 0 bridgehead atoms. The standard InChI is InChI=1S/C25H19F3N4O5S/c26-25(27,28)38(36,37)19-8-6-18(7-9-19)32-22(34)24(11-12-24)31(23(32)35)15-16-10-13-29-20(14-16)21(33)30-17-4-2-1-3-5-17/h1-10,13-14H,11-12,15H2,(H,30,33). The summed E-state index contributed by atoms with van der Waals surface area (Å²) in [4.78, 5) is 44.4. The molecule has 38 heavy (non-hydrogen) atoms. The number of amides is 4. The van der Waals surface area contributed by atoms with Crippen LogP contribution in [0.5, 0.6) is 0 Å². The molecule has 1 saturated carbocycles. The molecular weight excluding hydrogens is 525 g/mol. The van der Waals surface area contributed by atoms with Gasteiger partial charge >= 0.3 is 11.5 Å². The average molecular weight is 545 g/mol. The van der Waals surface area contributed by atoms with Crippen molar-refractivity contribution in [3.05, 3.63) is 84.2 Å². The highest BCUT2D eigenvalue weighted by Gasteiger charge is 2.65. The Morgan fingerprint density at radius 1 is 1.00 bits per heavy atom. The Labute approximate surface area is 214 Å². The Morgan fingerprint density at radius 3 is 2.26 bits per heavy atom. The molecule has 1 N–H and O–H groups in total. The van der Waals surface area contributed by atoms with Crippen molar-refractivity contribution < 1.29 is 36.0 Å². The molecule has 2 heterocycles. The molecule has 1 saturated heterocycles. The molecule has 196 valence electrons. The van der Waals surface area contributed by atoms with E-state index in [4.69, 9.17) is 0 Å². The van der Waals surface area contributed by atoms with Crippen molar-refractivity contribution >= 4 is 39.1 Å². The van der Waals surface area contributed by atoms with Gasteiger partial charge in [-0.15, -0.1) is 0 Å². The molecule has 0 radical (unpaired) electrons. The quantitative estimate of drug-likeness (QED) is 0.467. The molecule has 3 aromatic rings. The van der Waals surface area contributed by atoms with Gasteiger partial charge in [-0.25, -0.2) is 18.1 Å². The van der Waals surface area contributed by atoms with Crippen molar-refractivity contribution in [2.75, 3.05) is 10.2 Å². The van der Waals surface area contributed by atoms with Gasteiger partial charge in [0.05, 0.1) is 10.6 Å². The maximum atomic E-state index is 13.3. The highest BCUT2D eigenvalue weighted by Crippen LogP contribution is 2.49. The fraction of sp³-hybridized carbons (Fsp3) is 0.200. The van der Waals surface area contributed by atoms with E-state index < -0.39 is 43.6 Å². The van der Waals surface area contributed by atoms with Crippen LogP contribution in [0.3, 0.4) is 0 Å². The second-order valence-electron chi connectivity index (χ2n) is 8.85. The second kappa shape index (κ2) is 8.94. The molecule has 9 nitrogen and oxygen atoms in total. The van der Waals surface area contributed by atoms with Crippen LogP contribution in [-0.2, 0) is 21.2 Å². The molecule has 1 spiro atoms. The Hall–Kier alpha value is -4.26. The number of anilines is 2. The third-order valence-corrected chi connectivity index (χ3v) is 7.91. The summed E-state index contributed by atoms with van der Waals surface area (Å²) in [6, 6.07) is 14.6. The maximum absolute atomic E-state index is 13.3. The minimum atomic E-state index is -5.57. The first kappa shape index (κ1) is 25.4. The number of nitrogens with one attached hydrogen (secondary N) is 1. The number of rotatable bonds is 6. The van der Waals surface area contributed by atoms with Gasteiger partial charge in [-0.3, -0.25) is 14.6 Å². The summed E-state index contributed by atoms with van der Waals surface area (Å²) in [5, 5.41) is 2.72. The summed E-state index contributed by atoms with van der Waals surface area (Å²) >= 11 is 0. The third kappa shape index (κ3) is 4.28. The number of benzene rings is 2. The lowest BCUT2D eigenvalue weighted by Gasteiger charge is -2.21. The van der Waals surface area contributed by atoms with Crippen molar-refractivity contribution in [3.63, 3.8) is 0 Å². The minimum absolute atomic E-state index is 0.0181. The topological polar surface area (TPSA) is 117 Å². The Morgan fingerprint density at radius 2 is 1.66 bits per heavy atom. The molecule has 0 atom stereocenters. The number of alkyl halides is 3. The summed E-state index contributed by atoms with van der Waals surface area (Å²) in [6.45, 7) is -0.0181. The van der Waals surface area contributed by atoms with Crippen LogP contribution in [0.4, 0.5) is 29.3 Å². The predicted molar refractivity (Wildman–Crippen MR) is 129 cm³/mol. The van der Waals surface area contributed by atoms with Crippen LogP contribution in [0.1, 0.15) is 28.9 Å². The van der Waals surface area contributed by atoms with E-state index in [0.29, 0.717) is 36.2 Å². The predicted octanol–water partition coefficient (Wildman–Crippen LogP) is 4.13. The summed E-state index contributed by atoms with van der Waals surface area (Å²) in [6.07, 6.45) is 2.19. The Kier molecular flexibility index (Phi) is 5.97. The highest BCUT2D eigenvalue weighted by molar-refractivity contribution is 7.92. The van der Waals surface area contributed by atoms with Crippen molar-refractivity contribution in [3.8, 4) is 0 Å². The van der Waals surface area contributed by atoms with E-state index in [-0.39, 0.29) is 17.9 Å². The van der Waals surface area contributed by atoms with Crippen molar-refractivity contribution in [2.24, 2.45) is 0 Å². The third-order valence-electron chi connectivity index (χ3n) is 6.40. The van der Waals surface area contributed by atoms with Crippen molar-refractivity contribution in [1.82, 2.24) is 9.88 Å². The van der Waals surface area contributed by atoms with E-state index in [1.165, 1.54) is 17.2 Å². The van der Waals surface area contributed by atoms with Gasteiger partial charge in [0, 0.05) is 18.4 Å². The monoisotopic (exact) mass is 544 g/mol. The summed E-state index contributed by atoms with van der Waals surface area (Å²) < 4.78 is 61.9. The molecule has 5 rings (SSSR count). The first-order valence-corrected chi connectivity index (χ1v) is 12.8. The number of pyridine rings is 1. The fourth-order valence-corrected chi connectivity index (χ4v) is 5.03. The first-order valence-electron chi connectivity index (χ1n) is 11.3. The summed E-state index contributed by atoms with van der Waals surface area (Å²) in [5.74, 6) is -1.01. The van der Waals surface area contributed by atoms with Crippen LogP contribution in [0.25, 0.3) is 0 Å². The van der Waals surface area contributed by atoms with Gasteiger partial charge in [-0.05, 0) is 66.9 Å². The van der Waals surface area contributed by atoms with Crippen LogP contribution < -0.4 is 10.2 Å². The van der Waals surface area contributed by atoms with Crippen LogP contribution in [-0.4, -0.2) is 47.2 Å². The summed E-state index contributed by atoms with van der Waals surface area (Å²) in [7, 11) is -5.57. The molecule has 2 fully saturated rings. The number of imide groups is 1. The number of aromatic nitrogens is 1. The lowest BCUT2D eigenvalue weighted by molar-refractivity contribution is -0.120. The zero-order valence-electron chi connectivity index (χ0n) is 19.5. The molecular formula is C25H19F3N4O5S. The molecule has 1 aliphatic carbocycles. The van der Waals surface area contributed by atoms with Crippen molar-refractivity contribution in [2.45, 2.75) is 35.3 Å². The molecule has 4 amide bonds.